The number of hydrogen-bond donors (Lipinski definition) is 2. The van der Waals surface area contributed by atoms with E-state index in [0.717, 1.165) is 4.88 Å². The molecular formula is C24H31N3O5S. The highest BCUT2D eigenvalue weighted by Crippen LogP contribution is 2.17. The van der Waals surface area contributed by atoms with E-state index in [1.165, 1.54) is 0 Å². The molecule has 178 valence electrons. The molecule has 2 heterocycles. The summed E-state index contributed by atoms with van der Waals surface area (Å²) in [6.07, 6.45) is 2.02. The topological polar surface area (TPSA) is 97.0 Å². The smallest absolute Gasteiger partial charge is 0.409 e. The third-order valence-corrected chi connectivity index (χ3v) is 6.16. The number of carbonyl (C=O) groups excluding carboxylic acids is 3. The molecule has 0 atom stereocenters. The summed E-state index contributed by atoms with van der Waals surface area (Å²) in [4.78, 5) is 39.2. The number of nitrogens with one attached hydrogen (secondary N) is 2. The lowest BCUT2D eigenvalue weighted by Gasteiger charge is -2.31. The van der Waals surface area contributed by atoms with E-state index in [1.807, 2.05) is 23.6 Å². The van der Waals surface area contributed by atoms with Crippen LogP contribution in [0, 0.1) is 0 Å². The molecule has 3 amide bonds. The zero-order valence-corrected chi connectivity index (χ0v) is 19.7. The minimum absolute atomic E-state index is 0.0391. The Morgan fingerprint density at radius 3 is 2.70 bits per heavy atom. The number of rotatable bonds is 10. The lowest BCUT2D eigenvalue weighted by atomic mass is 10.1. The zero-order chi connectivity index (χ0) is 23.5. The summed E-state index contributed by atoms with van der Waals surface area (Å²) in [7, 11) is 0. The van der Waals surface area contributed by atoms with Gasteiger partial charge < -0.3 is 25.0 Å². The molecular weight excluding hydrogens is 442 g/mol. The van der Waals surface area contributed by atoms with Crippen molar-refractivity contribution in [2.24, 2.45) is 0 Å². The number of piperidine rings is 1. The summed E-state index contributed by atoms with van der Waals surface area (Å²) >= 11 is 1.62. The minimum Gasteiger partial charge on any atom is -0.488 e. The lowest BCUT2D eigenvalue weighted by molar-refractivity contribution is -0.122. The Bertz CT molecular complexity index is 911. The molecule has 1 fully saturated rings. The monoisotopic (exact) mass is 473 g/mol. The summed E-state index contributed by atoms with van der Waals surface area (Å²) in [5, 5.41) is 7.87. The van der Waals surface area contributed by atoms with E-state index >= 15 is 0 Å². The molecule has 0 spiro atoms. The highest BCUT2D eigenvalue weighted by atomic mass is 32.1. The number of ether oxygens (including phenoxy) is 2. The van der Waals surface area contributed by atoms with Gasteiger partial charge in [0.05, 0.1) is 6.61 Å². The van der Waals surface area contributed by atoms with Crippen molar-refractivity contribution in [3.05, 3.63) is 52.2 Å². The fourth-order valence-electron chi connectivity index (χ4n) is 3.55. The van der Waals surface area contributed by atoms with Gasteiger partial charge >= 0.3 is 6.09 Å². The molecule has 33 heavy (non-hydrogen) atoms. The van der Waals surface area contributed by atoms with Crippen LogP contribution in [0.1, 0.15) is 47.8 Å². The van der Waals surface area contributed by atoms with Crippen LogP contribution in [0.15, 0.2) is 41.8 Å². The zero-order valence-electron chi connectivity index (χ0n) is 18.9. The molecule has 3 rings (SSSR count). The van der Waals surface area contributed by atoms with Gasteiger partial charge in [-0.2, -0.15) is 0 Å². The molecule has 1 aromatic heterocycles. The number of thiophene rings is 1. The van der Waals surface area contributed by atoms with Gasteiger partial charge in [0.2, 0.25) is 5.91 Å². The van der Waals surface area contributed by atoms with E-state index < -0.39 is 0 Å². The quantitative estimate of drug-likeness (QED) is 0.514. The van der Waals surface area contributed by atoms with Crippen LogP contribution in [0.2, 0.25) is 0 Å². The maximum Gasteiger partial charge on any atom is 0.409 e. The average Bonchev–Trinajstić information content (AvgIpc) is 3.35. The number of carbonyl (C=O) groups is 3. The fraction of sp³-hybridized carbons (Fsp3) is 0.458. The van der Waals surface area contributed by atoms with Crippen LogP contribution < -0.4 is 15.4 Å². The standard InChI is InChI=1S/C24H31N3O5S/c1-2-31-24(30)27-13-10-19(11-14-27)26-22(28)9-4-12-25-23(29)18-6-3-7-20(16-18)32-17-21-8-5-15-33-21/h3,5-8,15-16,19H,2,4,9-14,17H2,1H3,(H,25,29)(H,26,28). The van der Waals surface area contributed by atoms with Gasteiger partial charge in [-0.05, 0) is 55.8 Å². The first kappa shape index (κ1) is 24.6. The Labute approximate surface area is 198 Å². The van der Waals surface area contributed by atoms with Crippen molar-refractivity contribution < 1.29 is 23.9 Å². The number of likely N-dealkylation sites (tertiary alicyclic amines) is 1. The second kappa shape index (κ2) is 12.8. The first-order valence-electron chi connectivity index (χ1n) is 11.3. The van der Waals surface area contributed by atoms with Crippen molar-refractivity contribution in [1.82, 2.24) is 15.5 Å². The van der Waals surface area contributed by atoms with Gasteiger partial charge in [-0.1, -0.05) is 12.1 Å². The summed E-state index contributed by atoms with van der Waals surface area (Å²) in [5.41, 5.74) is 0.525. The molecule has 9 heteroatoms. The Hall–Kier alpha value is -3.07. The van der Waals surface area contributed by atoms with Crippen molar-refractivity contribution in [2.75, 3.05) is 26.2 Å². The van der Waals surface area contributed by atoms with Gasteiger partial charge in [-0.25, -0.2) is 4.79 Å². The molecule has 0 saturated carbocycles. The summed E-state index contributed by atoms with van der Waals surface area (Å²) in [5.74, 6) is 0.413. The van der Waals surface area contributed by atoms with Crippen LogP contribution in [-0.2, 0) is 16.1 Å². The van der Waals surface area contributed by atoms with E-state index in [4.69, 9.17) is 9.47 Å². The van der Waals surface area contributed by atoms with Crippen molar-refractivity contribution in [2.45, 2.75) is 45.3 Å². The second-order valence-corrected chi connectivity index (χ2v) is 8.82. The normalized spacial score (nSPS) is 13.9. The average molecular weight is 474 g/mol. The third-order valence-electron chi connectivity index (χ3n) is 5.31. The van der Waals surface area contributed by atoms with Crippen LogP contribution in [-0.4, -0.2) is 55.1 Å². The first-order chi connectivity index (χ1) is 16.0. The van der Waals surface area contributed by atoms with Crippen molar-refractivity contribution in [3.63, 3.8) is 0 Å². The van der Waals surface area contributed by atoms with E-state index in [2.05, 4.69) is 10.6 Å². The van der Waals surface area contributed by atoms with E-state index in [1.54, 1.807) is 41.4 Å². The van der Waals surface area contributed by atoms with Gasteiger partial charge in [-0.15, -0.1) is 11.3 Å². The van der Waals surface area contributed by atoms with Crippen LogP contribution in [0.25, 0.3) is 0 Å². The van der Waals surface area contributed by atoms with Gasteiger partial charge in [0, 0.05) is 42.5 Å². The van der Waals surface area contributed by atoms with Crippen LogP contribution in [0.5, 0.6) is 5.75 Å². The molecule has 2 aromatic rings. The predicted molar refractivity (Wildman–Crippen MR) is 126 cm³/mol. The largest absolute Gasteiger partial charge is 0.488 e. The Morgan fingerprint density at radius 1 is 1.15 bits per heavy atom. The molecule has 1 saturated heterocycles. The maximum atomic E-state index is 12.4. The molecule has 0 unspecified atom stereocenters. The van der Waals surface area contributed by atoms with Crippen LogP contribution in [0.4, 0.5) is 4.79 Å². The fourth-order valence-corrected chi connectivity index (χ4v) is 4.17. The molecule has 0 bridgehead atoms. The third kappa shape index (κ3) is 8.09. The second-order valence-electron chi connectivity index (χ2n) is 7.78. The predicted octanol–water partition coefficient (Wildman–Crippen LogP) is 3.57. The Morgan fingerprint density at radius 2 is 1.97 bits per heavy atom. The molecule has 1 aliphatic heterocycles. The van der Waals surface area contributed by atoms with Crippen molar-refractivity contribution >= 4 is 29.2 Å². The van der Waals surface area contributed by atoms with E-state index in [-0.39, 0.29) is 23.9 Å². The summed E-state index contributed by atoms with van der Waals surface area (Å²) < 4.78 is 10.8. The molecule has 0 aliphatic carbocycles. The van der Waals surface area contributed by atoms with Crippen molar-refractivity contribution in [3.8, 4) is 5.75 Å². The lowest BCUT2D eigenvalue weighted by Crippen LogP contribution is -2.46. The molecule has 1 aliphatic rings. The number of amides is 3. The van der Waals surface area contributed by atoms with E-state index in [0.29, 0.717) is 69.8 Å². The highest BCUT2D eigenvalue weighted by molar-refractivity contribution is 7.09. The maximum absolute atomic E-state index is 12.4. The van der Waals surface area contributed by atoms with Crippen molar-refractivity contribution in [1.29, 1.82) is 0 Å². The van der Waals surface area contributed by atoms with Crippen LogP contribution in [0.3, 0.4) is 0 Å². The first-order valence-corrected chi connectivity index (χ1v) is 12.2. The van der Waals surface area contributed by atoms with Gasteiger partial charge in [0.25, 0.3) is 5.91 Å². The van der Waals surface area contributed by atoms with Crippen LogP contribution >= 0.6 is 11.3 Å². The molecule has 2 N–H and O–H groups in total. The molecule has 8 nitrogen and oxygen atoms in total. The summed E-state index contributed by atoms with van der Waals surface area (Å²) in [6.45, 7) is 4.19. The van der Waals surface area contributed by atoms with E-state index in [9.17, 15) is 14.4 Å². The Balaban J connectivity index is 1.31. The van der Waals surface area contributed by atoms with Gasteiger partial charge in [0.1, 0.15) is 12.4 Å². The number of nitrogens with zero attached hydrogens (tertiary/aromatic N) is 1. The summed E-state index contributed by atoms with van der Waals surface area (Å²) in [6, 6.07) is 11.1. The highest BCUT2D eigenvalue weighted by Gasteiger charge is 2.24. The number of benzene rings is 1. The number of hydrogen-bond acceptors (Lipinski definition) is 6. The van der Waals surface area contributed by atoms with Gasteiger partial charge in [0.15, 0.2) is 0 Å². The minimum atomic E-state index is -0.294. The Kier molecular flexibility index (Phi) is 9.56. The molecule has 0 radical (unpaired) electrons. The van der Waals surface area contributed by atoms with Gasteiger partial charge in [-0.3, -0.25) is 9.59 Å². The SMILES string of the molecule is CCOC(=O)N1CCC(NC(=O)CCCNC(=O)c2cccc(OCc3cccs3)c2)CC1. The molecule has 1 aromatic carbocycles.